The maximum atomic E-state index is 3.99. The molecule has 3 aromatic carbocycles. The maximum absolute atomic E-state index is 3.99. The number of hydrogen-bond donors (Lipinski definition) is 1. The van der Waals surface area contributed by atoms with Crippen molar-refractivity contribution < 1.29 is 0 Å². The molecule has 0 bridgehead atoms. The summed E-state index contributed by atoms with van der Waals surface area (Å²) in [6.45, 7) is 4.83. The van der Waals surface area contributed by atoms with Gasteiger partial charge in [0.1, 0.15) is 0 Å². The molecule has 0 spiro atoms. The highest BCUT2D eigenvalue weighted by atomic mass is 14.9. The summed E-state index contributed by atoms with van der Waals surface area (Å²) in [4.78, 5) is 0. The summed E-state index contributed by atoms with van der Waals surface area (Å²) in [5.74, 6) is 0. The first-order valence-electron chi connectivity index (χ1n) is 7.26. The van der Waals surface area contributed by atoms with Crippen molar-refractivity contribution in [2.45, 2.75) is 12.6 Å². The lowest BCUT2D eigenvalue weighted by molar-refractivity contribution is 0.625. The standard InChI is InChI=1S/C20H19N/c1-2-20(21-15-16-9-4-3-5-10-16)19-14-8-12-17-11-6-7-13-18(17)19/h2-14,20-21H,1,15H2/t20-/m0/s1. The Bertz CT molecular complexity index is 726. The van der Waals surface area contributed by atoms with Gasteiger partial charge in [0.15, 0.2) is 0 Å². The average Bonchev–Trinajstić information content (AvgIpc) is 2.56. The van der Waals surface area contributed by atoms with Crippen molar-refractivity contribution in [2.24, 2.45) is 0 Å². The highest BCUT2D eigenvalue weighted by Crippen LogP contribution is 2.25. The molecule has 0 aliphatic heterocycles. The van der Waals surface area contributed by atoms with Gasteiger partial charge >= 0.3 is 0 Å². The van der Waals surface area contributed by atoms with Crippen LogP contribution in [0.4, 0.5) is 0 Å². The van der Waals surface area contributed by atoms with E-state index in [9.17, 15) is 0 Å². The summed E-state index contributed by atoms with van der Waals surface area (Å²) >= 11 is 0. The van der Waals surface area contributed by atoms with Crippen LogP contribution in [0.5, 0.6) is 0 Å². The molecule has 21 heavy (non-hydrogen) atoms. The number of benzene rings is 3. The lowest BCUT2D eigenvalue weighted by Crippen LogP contribution is -2.19. The van der Waals surface area contributed by atoms with Crippen LogP contribution >= 0.6 is 0 Å². The highest BCUT2D eigenvalue weighted by molar-refractivity contribution is 5.86. The minimum atomic E-state index is 0.149. The predicted octanol–water partition coefficient (Wildman–Crippen LogP) is 4.86. The summed E-state index contributed by atoms with van der Waals surface area (Å²) < 4.78 is 0. The van der Waals surface area contributed by atoms with Gasteiger partial charge in [0.25, 0.3) is 0 Å². The fourth-order valence-corrected chi connectivity index (χ4v) is 2.67. The lowest BCUT2D eigenvalue weighted by atomic mass is 9.98. The minimum absolute atomic E-state index is 0.149. The second-order valence-electron chi connectivity index (χ2n) is 5.15. The van der Waals surface area contributed by atoms with Crippen molar-refractivity contribution in [3.63, 3.8) is 0 Å². The fraction of sp³-hybridized carbons (Fsp3) is 0.100. The second kappa shape index (κ2) is 6.38. The van der Waals surface area contributed by atoms with Crippen molar-refractivity contribution in [1.29, 1.82) is 0 Å². The molecular formula is C20H19N. The molecule has 0 amide bonds. The number of fused-ring (bicyclic) bond motifs is 1. The summed E-state index contributed by atoms with van der Waals surface area (Å²) in [5, 5.41) is 6.13. The van der Waals surface area contributed by atoms with Crippen molar-refractivity contribution in [3.8, 4) is 0 Å². The van der Waals surface area contributed by atoms with Crippen molar-refractivity contribution >= 4 is 10.8 Å². The third-order valence-electron chi connectivity index (χ3n) is 3.76. The lowest BCUT2D eigenvalue weighted by Gasteiger charge is -2.17. The molecule has 0 aromatic heterocycles. The van der Waals surface area contributed by atoms with Crippen molar-refractivity contribution in [3.05, 3.63) is 96.6 Å². The van der Waals surface area contributed by atoms with E-state index in [0.29, 0.717) is 0 Å². The Morgan fingerprint density at radius 3 is 2.38 bits per heavy atom. The van der Waals surface area contributed by atoms with E-state index in [2.05, 4.69) is 78.6 Å². The smallest absolute Gasteiger partial charge is 0.0512 e. The molecule has 0 radical (unpaired) electrons. The third-order valence-corrected chi connectivity index (χ3v) is 3.76. The van der Waals surface area contributed by atoms with Crippen LogP contribution in [0.2, 0.25) is 0 Å². The Morgan fingerprint density at radius 2 is 1.57 bits per heavy atom. The molecule has 3 rings (SSSR count). The van der Waals surface area contributed by atoms with Crippen molar-refractivity contribution in [2.75, 3.05) is 0 Å². The molecule has 1 nitrogen and oxygen atoms in total. The molecule has 0 heterocycles. The van der Waals surface area contributed by atoms with E-state index in [1.54, 1.807) is 0 Å². The van der Waals surface area contributed by atoms with E-state index in [1.807, 2.05) is 12.1 Å². The van der Waals surface area contributed by atoms with Crippen LogP contribution in [0.3, 0.4) is 0 Å². The van der Waals surface area contributed by atoms with E-state index >= 15 is 0 Å². The maximum Gasteiger partial charge on any atom is 0.0512 e. The Kier molecular flexibility index (Phi) is 4.13. The molecule has 0 saturated heterocycles. The SMILES string of the molecule is C=C[C@H](NCc1ccccc1)c1cccc2ccccc12. The van der Waals surface area contributed by atoms with Gasteiger partial charge < -0.3 is 5.32 Å². The molecule has 0 aliphatic rings. The van der Waals surface area contributed by atoms with Crippen LogP contribution in [-0.4, -0.2) is 0 Å². The Labute approximate surface area is 125 Å². The van der Waals surface area contributed by atoms with Crippen LogP contribution in [0.15, 0.2) is 85.5 Å². The largest absolute Gasteiger partial charge is 0.303 e. The van der Waals surface area contributed by atoms with E-state index < -0.39 is 0 Å². The van der Waals surface area contributed by atoms with Gasteiger partial charge in [0.05, 0.1) is 6.04 Å². The van der Waals surface area contributed by atoms with Gasteiger partial charge in [-0.3, -0.25) is 0 Å². The van der Waals surface area contributed by atoms with Gasteiger partial charge in [-0.25, -0.2) is 0 Å². The highest BCUT2D eigenvalue weighted by Gasteiger charge is 2.10. The molecule has 0 unspecified atom stereocenters. The zero-order chi connectivity index (χ0) is 14.5. The zero-order valence-electron chi connectivity index (χ0n) is 12.0. The monoisotopic (exact) mass is 273 g/mol. The van der Waals surface area contributed by atoms with Crippen LogP contribution < -0.4 is 5.32 Å². The molecule has 104 valence electrons. The first-order chi connectivity index (χ1) is 10.4. The van der Waals surface area contributed by atoms with Crippen LogP contribution in [0, 0.1) is 0 Å². The first-order valence-corrected chi connectivity index (χ1v) is 7.26. The number of rotatable bonds is 5. The normalized spacial score (nSPS) is 12.2. The molecule has 0 saturated carbocycles. The summed E-state index contributed by atoms with van der Waals surface area (Å²) in [7, 11) is 0. The fourth-order valence-electron chi connectivity index (χ4n) is 2.67. The molecule has 0 aliphatic carbocycles. The Hall–Kier alpha value is -2.38. The van der Waals surface area contributed by atoms with Gasteiger partial charge in [-0.1, -0.05) is 78.9 Å². The summed E-state index contributed by atoms with van der Waals surface area (Å²) in [5.41, 5.74) is 2.56. The van der Waals surface area contributed by atoms with Gasteiger partial charge in [0, 0.05) is 6.54 Å². The quantitative estimate of drug-likeness (QED) is 0.655. The Balaban J connectivity index is 1.86. The van der Waals surface area contributed by atoms with E-state index in [4.69, 9.17) is 0 Å². The number of hydrogen-bond acceptors (Lipinski definition) is 1. The molecule has 1 atom stereocenters. The van der Waals surface area contributed by atoms with Gasteiger partial charge in [0.2, 0.25) is 0 Å². The number of nitrogens with one attached hydrogen (secondary N) is 1. The third kappa shape index (κ3) is 3.04. The van der Waals surface area contributed by atoms with E-state index in [0.717, 1.165) is 6.54 Å². The molecule has 1 N–H and O–H groups in total. The molecule has 1 heteroatoms. The van der Waals surface area contributed by atoms with Crippen LogP contribution in [-0.2, 0) is 6.54 Å². The topological polar surface area (TPSA) is 12.0 Å². The van der Waals surface area contributed by atoms with Gasteiger partial charge in [-0.15, -0.1) is 6.58 Å². The van der Waals surface area contributed by atoms with Crippen LogP contribution in [0.1, 0.15) is 17.2 Å². The van der Waals surface area contributed by atoms with E-state index in [1.165, 1.54) is 21.9 Å². The summed E-state index contributed by atoms with van der Waals surface area (Å²) in [6, 6.07) is 25.5. The zero-order valence-corrected chi connectivity index (χ0v) is 12.0. The van der Waals surface area contributed by atoms with Gasteiger partial charge in [-0.2, -0.15) is 0 Å². The summed E-state index contributed by atoms with van der Waals surface area (Å²) in [6.07, 6.45) is 1.98. The average molecular weight is 273 g/mol. The van der Waals surface area contributed by atoms with Crippen LogP contribution in [0.25, 0.3) is 10.8 Å². The molecule has 3 aromatic rings. The second-order valence-corrected chi connectivity index (χ2v) is 5.15. The first kappa shape index (κ1) is 13.6. The Morgan fingerprint density at radius 1 is 0.857 bits per heavy atom. The van der Waals surface area contributed by atoms with Gasteiger partial charge in [-0.05, 0) is 21.9 Å². The minimum Gasteiger partial charge on any atom is -0.303 e. The van der Waals surface area contributed by atoms with Crippen molar-refractivity contribution in [1.82, 2.24) is 5.32 Å². The molecular weight excluding hydrogens is 254 g/mol. The predicted molar refractivity (Wildman–Crippen MR) is 90.2 cm³/mol. The molecule has 0 fully saturated rings. The van der Waals surface area contributed by atoms with E-state index in [-0.39, 0.29) is 6.04 Å².